The fourth-order valence-electron chi connectivity index (χ4n) is 2.48. The SMILES string of the molecule is NC(=O)[C@H]1C[C@@H](C(=O)O)CCN1C(=O)OCc1ccccc1. The van der Waals surface area contributed by atoms with E-state index in [0.29, 0.717) is 0 Å². The van der Waals surface area contributed by atoms with Gasteiger partial charge in [-0.3, -0.25) is 14.5 Å². The summed E-state index contributed by atoms with van der Waals surface area (Å²) in [6.07, 6.45) is -0.360. The molecule has 3 N–H and O–H groups in total. The summed E-state index contributed by atoms with van der Waals surface area (Å²) in [7, 11) is 0. The van der Waals surface area contributed by atoms with Gasteiger partial charge in [0.15, 0.2) is 0 Å². The molecule has 0 saturated carbocycles. The van der Waals surface area contributed by atoms with E-state index in [2.05, 4.69) is 0 Å². The van der Waals surface area contributed by atoms with Crippen LogP contribution in [0.3, 0.4) is 0 Å². The molecular formula is C15H18N2O5. The second kappa shape index (κ2) is 6.93. The maximum Gasteiger partial charge on any atom is 0.410 e. The van der Waals surface area contributed by atoms with E-state index in [1.54, 1.807) is 0 Å². The molecule has 0 aromatic heterocycles. The van der Waals surface area contributed by atoms with Crippen LogP contribution in [-0.2, 0) is 20.9 Å². The lowest BCUT2D eigenvalue weighted by molar-refractivity contribution is -0.144. The molecule has 2 atom stereocenters. The number of carbonyl (C=O) groups excluding carboxylic acids is 2. The molecule has 1 saturated heterocycles. The van der Waals surface area contributed by atoms with E-state index in [-0.39, 0.29) is 26.0 Å². The number of amides is 2. The first-order valence-corrected chi connectivity index (χ1v) is 6.98. The highest BCUT2D eigenvalue weighted by molar-refractivity contribution is 5.85. The summed E-state index contributed by atoms with van der Waals surface area (Å²) in [5, 5.41) is 9.03. The van der Waals surface area contributed by atoms with Crippen molar-refractivity contribution in [2.24, 2.45) is 11.7 Å². The summed E-state index contributed by atoms with van der Waals surface area (Å²) in [6.45, 7) is 0.224. The van der Waals surface area contributed by atoms with Gasteiger partial charge in [-0.15, -0.1) is 0 Å². The molecular weight excluding hydrogens is 288 g/mol. The predicted molar refractivity (Wildman–Crippen MR) is 76.7 cm³/mol. The molecule has 0 radical (unpaired) electrons. The van der Waals surface area contributed by atoms with Crippen LogP contribution in [0, 0.1) is 5.92 Å². The highest BCUT2D eigenvalue weighted by Gasteiger charge is 2.38. The van der Waals surface area contributed by atoms with Crippen molar-refractivity contribution in [3.63, 3.8) is 0 Å². The Kier molecular flexibility index (Phi) is 4.98. The average Bonchev–Trinajstić information content (AvgIpc) is 2.52. The number of benzene rings is 1. The number of primary amides is 1. The third-order valence-electron chi connectivity index (χ3n) is 3.72. The Morgan fingerprint density at radius 1 is 1.27 bits per heavy atom. The minimum absolute atomic E-state index is 0.0190. The van der Waals surface area contributed by atoms with Crippen molar-refractivity contribution >= 4 is 18.0 Å². The molecule has 1 heterocycles. The number of carbonyl (C=O) groups is 3. The fraction of sp³-hybridized carbons (Fsp3) is 0.400. The van der Waals surface area contributed by atoms with Gasteiger partial charge in [-0.05, 0) is 18.4 Å². The number of likely N-dealkylation sites (tertiary alicyclic amines) is 1. The van der Waals surface area contributed by atoms with E-state index in [4.69, 9.17) is 15.6 Å². The van der Waals surface area contributed by atoms with Crippen LogP contribution >= 0.6 is 0 Å². The molecule has 0 bridgehead atoms. The fourth-order valence-corrected chi connectivity index (χ4v) is 2.48. The minimum Gasteiger partial charge on any atom is -0.481 e. The Bertz CT molecular complexity index is 560. The maximum absolute atomic E-state index is 12.1. The molecule has 0 spiro atoms. The number of nitrogens with two attached hydrogens (primary N) is 1. The summed E-state index contributed by atoms with van der Waals surface area (Å²) in [5.41, 5.74) is 6.11. The zero-order valence-corrected chi connectivity index (χ0v) is 12.0. The van der Waals surface area contributed by atoms with Crippen molar-refractivity contribution in [3.8, 4) is 0 Å². The number of carboxylic acids is 1. The van der Waals surface area contributed by atoms with Gasteiger partial charge in [0.25, 0.3) is 0 Å². The number of ether oxygens (including phenoxy) is 1. The first kappa shape index (κ1) is 15.8. The Hall–Kier alpha value is -2.57. The van der Waals surface area contributed by atoms with E-state index < -0.39 is 29.9 Å². The van der Waals surface area contributed by atoms with Crippen LogP contribution in [0.25, 0.3) is 0 Å². The molecule has 22 heavy (non-hydrogen) atoms. The number of nitrogens with zero attached hydrogens (tertiary/aromatic N) is 1. The number of rotatable bonds is 4. The first-order valence-electron chi connectivity index (χ1n) is 6.98. The molecule has 118 valence electrons. The molecule has 7 heteroatoms. The van der Waals surface area contributed by atoms with E-state index >= 15 is 0 Å². The molecule has 2 rings (SSSR count). The van der Waals surface area contributed by atoms with Crippen molar-refractivity contribution in [2.75, 3.05) is 6.54 Å². The number of piperidine rings is 1. The zero-order valence-electron chi connectivity index (χ0n) is 12.0. The summed E-state index contributed by atoms with van der Waals surface area (Å²) in [5.74, 6) is -2.37. The molecule has 1 aliphatic heterocycles. The third kappa shape index (κ3) is 3.75. The van der Waals surface area contributed by atoms with Crippen LogP contribution in [0.15, 0.2) is 30.3 Å². The smallest absolute Gasteiger partial charge is 0.410 e. The lowest BCUT2D eigenvalue weighted by Crippen LogP contribution is -2.53. The average molecular weight is 306 g/mol. The molecule has 0 unspecified atom stereocenters. The maximum atomic E-state index is 12.1. The highest BCUT2D eigenvalue weighted by atomic mass is 16.6. The van der Waals surface area contributed by atoms with Crippen LogP contribution in [0.2, 0.25) is 0 Å². The zero-order chi connectivity index (χ0) is 16.1. The van der Waals surface area contributed by atoms with E-state index in [1.807, 2.05) is 30.3 Å². The van der Waals surface area contributed by atoms with Crippen molar-refractivity contribution in [1.82, 2.24) is 4.90 Å². The number of aliphatic carboxylic acids is 1. The summed E-state index contributed by atoms with van der Waals surface area (Å²) in [4.78, 5) is 35.8. The van der Waals surface area contributed by atoms with Gasteiger partial charge in [0, 0.05) is 6.54 Å². The second-order valence-electron chi connectivity index (χ2n) is 5.21. The number of hydrogen-bond acceptors (Lipinski definition) is 4. The van der Waals surface area contributed by atoms with Gasteiger partial charge in [-0.25, -0.2) is 4.79 Å². The lowest BCUT2D eigenvalue weighted by Gasteiger charge is -2.35. The van der Waals surface area contributed by atoms with Gasteiger partial charge < -0.3 is 15.6 Å². The van der Waals surface area contributed by atoms with Crippen molar-refractivity contribution in [2.45, 2.75) is 25.5 Å². The largest absolute Gasteiger partial charge is 0.481 e. The first-order chi connectivity index (χ1) is 10.5. The quantitative estimate of drug-likeness (QED) is 0.861. The molecule has 1 aromatic rings. The summed E-state index contributed by atoms with van der Waals surface area (Å²) in [6, 6.07) is 8.19. The summed E-state index contributed by atoms with van der Waals surface area (Å²) >= 11 is 0. The van der Waals surface area contributed by atoms with E-state index in [1.165, 1.54) is 4.90 Å². The normalized spacial score (nSPS) is 21.2. The van der Waals surface area contributed by atoms with Gasteiger partial charge in [0.2, 0.25) is 5.91 Å². The van der Waals surface area contributed by atoms with Crippen molar-refractivity contribution in [1.29, 1.82) is 0 Å². The predicted octanol–water partition coefficient (Wildman–Crippen LogP) is 0.974. The number of hydrogen-bond donors (Lipinski definition) is 2. The van der Waals surface area contributed by atoms with Gasteiger partial charge in [0.1, 0.15) is 12.6 Å². The van der Waals surface area contributed by atoms with Gasteiger partial charge in [-0.1, -0.05) is 30.3 Å². The van der Waals surface area contributed by atoms with E-state index in [9.17, 15) is 14.4 Å². The number of carboxylic acid groups (broad SMARTS) is 1. The van der Waals surface area contributed by atoms with Crippen molar-refractivity contribution < 1.29 is 24.2 Å². The Balaban J connectivity index is 1.98. The van der Waals surface area contributed by atoms with Crippen LogP contribution in [-0.4, -0.2) is 40.6 Å². The van der Waals surface area contributed by atoms with E-state index in [0.717, 1.165) is 5.56 Å². The highest BCUT2D eigenvalue weighted by Crippen LogP contribution is 2.24. The Morgan fingerprint density at radius 2 is 1.95 bits per heavy atom. The monoisotopic (exact) mass is 306 g/mol. The van der Waals surface area contributed by atoms with Crippen LogP contribution in [0.4, 0.5) is 4.79 Å². The molecule has 1 aliphatic rings. The summed E-state index contributed by atoms with van der Waals surface area (Å²) < 4.78 is 5.18. The molecule has 1 fully saturated rings. The lowest BCUT2D eigenvalue weighted by atomic mass is 9.91. The van der Waals surface area contributed by atoms with Crippen LogP contribution < -0.4 is 5.73 Å². The van der Waals surface area contributed by atoms with Gasteiger partial charge in [-0.2, -0.15) is 0 Å². The van der Waals surface area contributed by atoms with Gasteiger partial charge >= 0.3 is 12.1 Å². The molecule has 2 amide bonds. The van der Waals surface area contributed by atoms with Crippen molar-refractivity contribution in [3.05, 3.63) is 35.9 Å². The molecule has 7 nitrogen and oxygen atoms in total. The van der Waals surface area contributed by atoms with Gasteiger partial charge in [0.05, 0.1) is 5.92 Å². The topological polar surface area (TPSA) is 110 Å². The minimum atomic E-state index is -0.983. The Labute approximate surface area is 127 Å². The molecule has 0 aliphatic carbocycles. The molecule has 1 aromatic carbocycles. The third-order valence-corrected chi connectivity index (χ3v) is 3.72. The second-order valence-corrected chi connectivity index (χ2v) is 5.21. The standard InChI is InChI=1S/C15H18N2O5/c16-13(18)12-8-11(14(19)20)6-7-17(12)15(21)22-9-10-4-2-1-3-5-10/h1-5,11-12H,6-9H2,(H2,16,18)(H,19,20)/t11-,12+/m0/s1. The Morgan fingerprint density at radius 3 is 2.55 bits per heavy atom. The van der Waals surface area contributed by atoms with Crippen LogP contribution in [0.1, 0.15) is 18.4 Å². The van der Waals surface area contributed by atoms with Crippen LogP contribution in [0.5, 0.6) is 0 Å².